The highest BCUT2D eigenvalue weighted by Crippen LogP contribution is 2.26. The van der Waals surface area contributed by atoms with Crippen LogP contribution in [0.5, 0.6) is 0 Å². The summed E-state index contributed by atoms with van der Waals surface area (Å²) in [5.41, 5.74) is 11.3. The van der Waals surface area contributed by atoms with Crippen LogP contribution in [0.4, 0.5) is 0 Å². The lowest BCUT2D eigenvalue weighted by molar-refractivity contribution is 0.100. The van der Waals surface area contributed by atoms with E-state index in [0.29, 0.717) is 11.3 Å². The fraction of sp³-hybridized carbons (Fsp3) is 0.118. The summed E-state index contributed by atoms with van der Waals surface area (Å²) in [4.78, 5) is 16.2. The maximum atomic E-state index is 11.7. The Hall–Kier alpha value is -2.95. The highest BCUT2D eigenvalue weighted by Gasteiger charge is 2.14. The smallest absolute Gasteiger partial charge is 0.250 e. The van der Waals surface area contributed by atoms with E-state index in [1.54, 1.807) is 12.3 Å². The van der Waals surface area contributed by atoms with Gasteiger partial charge in [-0.05, 0) is 31.0 Å². The average Bonchev–Trinajstić information content (AvgIpc) is 3.04. The quantitative estimate of drug-likeness (QED) is 0.778. The number of rotatable bonds is 3. The first-order valence-electron chi connectivity index (χ1n) is 6.94. The van der Waals surface area contributed by atoms with Crippen molar-refractivity contribution in [3.63, 3.8) is 0 Å². The van der Waals surface area contributed by atoms with Crippen molar-refractivity contribution in [2.45, 2.75) is 13.8 Å². The van der Waals surface area contributed by atoms with Crippen LogP contribution in [0.15, 0.2) is 42.7 Å². The second-order valence-electron chi connectivity index (χ2n) is 5.22. The minimum Gasteiger partial charge on any atom is -0.366 e. The first-order chi connectivity index (χ1) is 10.6. The Kier molecular flexibility index (Phi) is 3.47. The number of hydrogen-bond donors (Lipinski definition) is 2. The summed E-state index contributed by atoms with van der Waals surface area (Å²) in [6.07, 6.45) is 3.59. The summed E-state index contributed by atoms with van der Waals surface area (Å²) in [7, 11) is 0. The molecular formula is C17H16N4O. The molecule has 0 saturated heterocycles. The van der Waals surface area contributed by atoms with Crippen LogP contribution in [0.1, 0.15) is 21.6 Å². The predicted octanol–water partition coefficient (Wildman–Crippen LogP) is 2.85. The first-order valence-corrected chi connectivity index (χ1v) is 6.94. The van der Waals surface area contributed by atoms with Crippen LogP contribution < -0.4 is 5.73 Å². The summed E-state index contributed by atoms with van der Waals surface area (Å²) >= 11 is 0. The van der Waals surface area contributed by atoms with Gasteiger partial charge in [0.15, 0.2) is 0 Å². The molecule has 5 heteroatoms. The molecule has 0 unspecified atom stereocenters. The zero-order valence-corrected chi connectivity index (χ0v) is 12.4. The van der Waals surface area contributed by atoms with Crippen LogP contribution in [-0.4, -0.2) is 21.1 Å². The molecule has 0 fully saturated rings. The molecule has 0 saturated carbocycles. The topological polar surface area (TPSA) is 84.7 Å². The van der Waals surface area contributed by atoms with Gasteiger partial charge in [0.1, 0.15) is 0 Å². The summed E-state index contributed by atoms with van der Waals surface area (Å²) in [5, 5.41) is 6.73. The Morgan fingerprint density at radius 3 is 2.36 bits per heavy atom. The van der Waals surface area contributed by atoms with Crippen molar-refractivity contribution in [3.8, 4) is 22.4 Å². The number of primary amides is 1. The standard InChI is InChI=1S/C17H16N4O/c1-10-7-15(17(18)22)16(21-11(10)2)13-5-3-12(4-6-13)14-8-19-20-9-14/h3-9H,1-2H3,(H2,18,22)(H,19,20). The number of hydrogen-bond acceptors (Lipinski definition) is 3. The number of nitrogens with one attached hydrogen (secondary N) is 1. The third-order valence-electron chi connectivity index (χ3n) is 3.72. The molecular weight excluding hydrogens is 276 g/mol. The molecule has 3 aromatic rings. The summed E-state index contributed by atoms with van der Waals surface area (Å²) in [5.74, 6) is -0.468. The maximum Gasteiger partial charge on any atom is 0.250 e. The minimum absolute atomic E-state index is 0.444. The number of amides is 1. The monoisotopic (exact) mass is 292 g/mol. The van der Waals surface area contributed by atoms with Gasteiger partial charge in [0.05, 0.1) is 17.5 Å². The van der Waals surface area contributed by atoms with Gasteiger partial charge in [-0.15, -0.1) is 0 Å². The average molecular weight is 292 g/mol. The molecule has 0 aliphatic rings. The van der Waals surface area contributed by atoms with Crippen LogP contribution in [0.25, 0.3) is 22.4 Å². The molecule has 0 bridgehead atoms. The van der Waals surface area contributed by atoms with E-state index in [2.05, 4.69) is 15.2 Å². The third-order valence-corrected chi connectivity index (χ3v) is 3.72. The van der Waals surface area contributed by atoms with Crippen molar-refractivity contribution < 1.29 is 4.79 Å². The van der Waals surface area contributed by atoms with Crippen molar-refractivity contribution in [2.75, 3.05) is 0 Å². The molecule has 0 radical (unpaired) electrons. The van der Waals surface area contributed by atoms with Crippen LogP contribution >= 0.6 is 0 Å². The number of nitrogens with zero attached hydrogens (tertiary/aromatic N) is 2. The number of benzene rings is 1. The van der Waals surface area contributed by atoms with Crippen LogP contribution in [-0.2, 0) is 0 Å². The van der Waals surface area contributed by atoms with E-state index >= 15 is 0 Å². The molecule has 22 heavy (non-hydrogen) atoms. The zero-order chi connectivity index (χ0) is 15.7. The van der Waals surface area contributed by atoms with Gasteiger partial charge in [-0.25, -0.2) is 0 Å². The van der Waals surface area contributed by atoms with Gasteiger partial charge >= 0.3 is 0 Å². The van der Waals surface area contributed by atoms with E-state index in [1.807, 2.05) is 44.3 Å². The number of aromatic nitrogens is 3. The number of carbonyl (C=O) groups excluding carboxylic acids is 1. The predicted molar refractivity (Wildman–Crippen MR) is 85.2 cm³/mol. The largest absolute Gasteiger partial charge is 0.366 e. The third kappa shape index (κ3) is 2.48. The maximum absolute atomic E-state index is 11.7. The summed E-state index contributed by atoms with van der Waals surface area (Å²) in [6, 6.07) is 9.62. The van der Waals surface area contributed by atoms with Crippen molar-refractivity contribution >= 4 is 5.91 Å². The Labute approximate surface area is 128 Å². The van der Waals surface area contributed by atoms with E-state index in [4.69, 9.17) is 5.73 Å². The van der Waals surface area contributed by atoms with Gasteiger partial charge in [-0.2, -0.15) is 5.10 Å². The van der Waals surface area contributed by atoms with Gasteiger partial charge in [-0.1, -0.05) is 24.3 Å². The molecule has 0 spiro atoms. The fourth-order valence-electron chi connectivity index (χ4n) is 2.34. The molecule has 0 aliphatic carbocycles. The molecule has 3 N–H and O–H groups in total. The molecule has 110 valence electrons. The van der Waals surface area contributed by atoms with E-state index in [9.17, 15) is 4.79 Å². The van der Waals surface area contributed by atoms with E-state index in [1.165, 1.54) is 0 Å². The fourth-order valence-corrected chi connectivity index (χ4v) is 2.34. The molecule has 1 amide bonds. The van der Waals surface area contributed by atoms with Crippen molar-refractivity contribution in [3.05, 3.63) is 59.5 Å². The Morgan fingerprint density at radius 1 is 1.09 bits per heavy atom. The van der Waals surface area contributed by atoms with Crippen molar-refractivity contribution in [1.82, 2.24) is 15.2 Å². The van der Waals surface area contributed by atoms with Gasteiger partial charge in [0, 0.05) is 23.0 Å². The molecule has 2 heterocycles. The lowest BCUT2D eigenvalue weighted by Gasteiger charge is -2.10. The van der Waals surface area contributed by atoms with Crippen LogP contribution in [0.3, 0.4) is 0 Å². The summed E-state index contributed by atoms with van der Waals surface area (Å²) < 4.78 is 0. The van der Waals surface area contributed by atoms with E-state index < -0.39 is 5.91 Å². The number of aryl methyl sites for hydroxylation is 2. The molecule has 3 rings (SSSR count). The van der Waals surface area contributed by atoms with Crippen molar-refractivity contribution in [2.24, 2.45) is 5.73 Å². The zero-order valence-electron chi connectivity index (χ0n) is 12.4. The molecule has 0 aliphatic heterocycles. The number of pyridine rings is 1. The molecule has 0 atom stereocenters. The van der Waals surface area contributed by atoms with Gasteiger partial charge in [0.2, 0.25) is 0 Å². The molecule has 2 aromatic heterocycles. The molecule has 1 aromatic carbocycles. The number of aromatic amines is 1. The van der Waals surface area contributed by atoms with E-state index in [0.717, 1.165) is 27.9 Å². The van der Waals surface area contributed by atoms with Gasteiger partial charge < -0.3 is 5.73 Å². The highest BCUT2D eigenvalue weighted by molar-refractivity contribution is 5.99. The van der Waals surface area contributed by atoms with Gasteiger partial charge in [0.25, 0.3) is 5.91 Å². The molecule has 5 nitrogen and oxygen atoms in total. The highest BCUT2D eigenvalue weighted by atomic mass is 16.1. The lowest BCUT2D eigenvalue weighted by atomic mass is 10.00. The number of carbonyl (C=O) groups is 1. The van der Waals surface area contributed by atoms with Crippen molar-refractivity contribution in [1.29, 1.82) is 0 Å². The van der Waals surface area contributed by atoms with E-state index in [-0.39, 0.29) is 0 Å². The Morgan fingerprint density at radius 2 is 1.77 bits per heavy atom. The summed E-state index contributed by atoms with van der Waals surface area (Å²) in [6.45, 7) is 3.84. The number of H-pyrrole nitrogens is 1. The second-order valence-corrected chi connectivity index (χ2v) is 5.22. The van der Waals surface area contributed by atoms with Crippen LogP contribution in [0.2, 0.25) is 0 Å². The normalized spacial score (nSPS) is 10.6. The Bertz CT molecular complexity index is 821. The minimum atomic E-state index is -0.468. The number of nitrogens with two attached hydrogens (primary N) is 1. The SMILES string of the molecule is Cc1cc(C(N)=O)c(-c2ccc(-c3cn[nH]c3)cc2)nc1C. The van der Waals surface area contributed by atoms with Crippen LogP contribution in [0, 0.1) is 13.8 Å². The second kappa shape index (κ2) is 5.44. The first kappa shape index (κ1) is 14.0. The lowest BCUT2D eigenvalue weighted by Crippen LogP contribution is -2.14. The Balaban J connectivity index is 2.08. The van der Waals surface area contributed by atoms with Gasteiger partial charge in [-0.3, -0.25) is 14.9 Å².